The largest absolute Gasteiger partial charge is 0.375 e. The molecule has 2 aliphatic rings. The summed E-state index contributed by atoms with van der Waals surface area (Å²) in [5, 5.41) is 0.253. The van der Waals surface area contributed by atoms with Crippen molar-refractivity contribution < 1.29 is 9.47 Å². The van der Waals surface area contributed by atoms with Gasteiger partial charge in [-0.25, -0.2) is 0 Å². The summed E-state index contributed by atoms with van der Waals surface area (Å²) < 4.78 is 11.5. The van der Waals surface area contributed by atoms with E-state index in [0.29, 0.717) is 42.0 Å². The molecule has 9 atom stereocenters. The summed E-state index contributed by atoms with van der Waals surface area (Å²) in [5.41, 5.74) is 0. The van der Waals surface area contributed by atoms with E-state index in [4.69, 9.17) is 9.47 Å². The molecule has 0 spiro atoms. The Labute approximate surface area is 146 Å². The summed E-state index contributed by atoms with van der Waals surface area (Å²) in [7, 11) is 0. The number of hydrogen-bond acceptors (Lipinski definition) is 2. The van der Waals surface area contributed by atoms with Crippen LogP contribution in [0, 0.1) is 35.5 Å². The van der Waals surface area contributed by atoms with Gasteiger partial charge >= 0.3 is 0 Å². The predicted octanol–water partition coefficient (Wildman–Crippen LogP) is 5.74. The zero-order valence-corrected chi connectivity index (χ0v) is 17.6. The molecule has 0 aromatic heterocycles. The third kappa shape index (κ3) is 4.70. The van der Waals surface area contributed by atoms with Gasteiger partial charge in [-0.1, -0.05) is 57.5 Å². The van der Waals surface area contributed by atoms with E-state index in [1.807, 2.05) is 0 Å². The molecule has 2 saturated heterocycles. The maximum atomic E-state index is 5.78. The summed E-state index contributed by atoms with van der Waals surface area (Å²) in [5.74, 6) is 4.28. The van der Waals surface area contributed by atoms with Crippen molar-refractivity contribution in [1.29, 1.82) is 0 Å². The number of rotatable bonds is 0. The number of hydrogen-bond donors (Lipinski definition) is 0. The topological polar surface area (TPSA) is 18.5 Å². The highest BCUT2D eigenvalue weighted by atomic mass is 79.9. The third-order valence-corrected chi connectivity index (χ3v) is 7.78. The van der Waals surface area contributed by atoms with Crippen LogP contribution < -0.4 is 0 Å². The molecule has 2 rings (SSSR count). The van der Waals surface area contributed by atoms with E-state index in [0.717, 1.165) is 11.8 Å². The van der Waals surface area contributed by atoms with Crippen LogP contribution in [0.1, 0.15) is 62.3 Å². The summed E-state index contributed by atoms with van der Waals surface area (Å²) in [6.07, 6.45) is 1.28. The Morgan fingerprint density at radius 3 is 1.18 bits per heavy atom. The molecule has 132 valence electrons. The van der Waals surface area contributed by atoms with Gasteiger partial charge in [0.25, 0.3) is 0 Å². The Balaban J connectivity index is 0.000000220. The van der Waals surface area contributed by atoms with E-state index < -0.39 is 0 Å². The zero-order valence-electron chi connectivity index (χ0n) is 16.0. The molecule has 0 bridgehead atoms. The van der Waals surface area contributed by atoms with E-state index in [9.17, 15) is 0 Å². The summed E-state index contributed by atoms with van der Waals surface area (Å²) in [6, 6.07) is 0. The lowest BCUT2D eigenvalue weighted by molar-refractivity contribution is -0.116. The Hall–Kier alpha value is 0.400. The minimum Gasteiger partial charge on any atom is -0.375 e. The SMILES string of the molecule is CC1OC(Br)C(C)C(C)C1C.CC1OC(C)C(C)C(C)C1C. The standard InChI is InChI=1S/C10H20O.C9H17BrO/c1-6-7(2)9(4)11-10(5)8(6)3;1-5-6(2)8(4)11-9(10)7(5)3/h6-10H,1-5H3;5-9H,1-4H3. The van der Waals surface area contributed by atoms with Gasteiger partial charge in [0.2, 0.25) is 0 Å². The second kappa shape index (κ2) is 8.48. The molecule has 0 aromatic rings. The minimum atomic E-state index is 0.253. The third-order valence-electron chi connectivity index (χ3n) is 6.73. The first-order valence-corrected chi connectivity index (χ1v) is 9.94. The van der Waals surface area contributed by atoms with Crippen molar-refractivity contribution in [3.05, 3.63) is 0 Å². The van der Waals surface area contributed by atoms with E-state index in [1.54, 1.807) is 0 Å². The van der Waals surface area contributed by atoms with Crippen molar-refractivity contribution in [1.82, 2.24) is 0 Å². The molecule has 0 aromatic carbocycles. The first-order valence-electron chi connectivity index (χ1n) is 9.02. The quantitative estimate of drug-likeness (QED) is 0.502. The maximum absolute atomic E-state index is 5.78. The van der Waals surface area contributed by atoms with E-state index in [1.165, 1.54) is 0 Å². The Bertz CT molecular complexity index is 275. The summed E-state index contributed by atoms with van der Waals surface area (Å²) >= 11 is 3.54. The zero-order chi connectivity index (χ0) is 17.2. The van der Waals surface area contributed by atoms with Gasteiger partial charge in [0, 0.05) is 0 Å². The van der Waals surface area contributed by atoms with Gasteiger partial charge < -0.3 is 9.47 Å². The monoisotopic (exact) mass is 376 g/mol. The van der Waals surface area contributed by atoms with Gasteiger partial charge in [-0.3, -0.25) is 0 Å². The van der Waals surface area contributed by atoms with Crippen LogP contribution in [0.25, 0.3) is 0 Å². The first kappa shape index (κ1) is 20.4. The molecule has 2 fully saturated rings. The minimum absolute atomic E-state index is 0.253. The van der Waals surface area contributed by atoms with E-state index in [2.05, 4.69) is 78.2 Å². The molecular formula is C19H37BrO2. The van der Waals surface area contributed by atoms with Crippen LogP contribution in [0.5, 0.6) is 0 Å². The smallest absolute Gasteiger partial charge is 0.115 e. The normalized spacial score (nSPS) is 52.6. The maximum Gasteiger partial charge on any atom is 0.115 e. The lowest BCUT2D eigenvalue weighted by Gasteiger charge is -2.41. The van der Waals surface area contributed by atoms with Crippen LogP contribution >= 0.6 is 15.9 Å². The molecule has 2 heterocycles. The molecule has 22 heavy (non-hydrogen) atoms. The first-order chi connectivity index (χ1) is 10.1. The highest BCUT2D eigenvalue weighted by Gasteiger charge is 2.35. The molecule has 0 saturated carbocycles. The van der Waals surface area contributed by atoms with Crippen LogP contribution in [-0.2, 0) is 9.47 Å². The van der Waals surface area contributed by atoms with E-state index >= 15 is 0 Å². The van der Waals surface area contributed by atoms with Gasteiger partial charge in [0.1, 0.15) is 5.01 Å². The van der Waals surface area contributed by atoms with Gasteiger partial charge in [0.05, 0.1) is 18.3 Å². The molecule has 0 amide bonds. The van der Waals surface area contributed by atoms with Crippen molar-refractivity contribution in [2.75, 3.05) is 0 Å². The van der Waals surface area contributed by atoms with Gasteiger partial charge in [0.15, 0.2) is 0 Å². The van der Waals surface area contributed by atoms with Crippen molar-refractivity contribution in [2.24, 2.45) is 35.5 Å². The van der Waals surface area contributed by atoms with Crippen molar-refractivity contribution in [2.45, 2.75) is 85.6 Å². The number of halogens is 1. The van der Waals surface area contributed by atoms with Crippen LogP contribution in [0.4, 0.5) is 0 Å². The highest BCUT2D eigenvalue weighted by Crippen LogP contribution is 2.37. The highest BCUT2D eigenvalue weighted by molar-refractivity contribution is 9.09. The van der Waals surface area contributed by atoms with Gasteiger partial charge in [-0.15, -0.1) is 0 Å². The Kier molecular flexibility index (Phi) is 7.88. The second-order valence-corrected chi connectivity index (χ2v) is 8.80. The molecule has 9 unspecified atom stereocenters. The van der Waals surface area contributed by atoms with Crippen LogP contribution in [0.15, 0.2) is 0 Å². The second-order valence-electron chi connectivity index (χ2n) is 7.89. The van der Waals surface area contributed by atoms with Gasteiger partial charge in [-0.2, -0.15) is 0 Å². The van der Waals surface area contributed by atoms with Gasteiger partial charge in [-0.05, 0) is 56.3 Å². The molecule has 2 nitrogen and oxygen atoms in total. The van der Waals surface area contributed by atoms with Crippen LogP contribution in [-0.4, -0.2) is 23.3 Å². The van der Waals surface area contributed by atoms with E-state index in [-0.39, 0.29) is 5.01 Å². The lowest BCUT2D eigenvalue weighted by Crippen LogP contribution is -2.41. The fraction of sp³-hybridized carbons (Fsp3) is 1.00. The molecule has 3 heteroatoms. The summed E-state index contributed by atoms with van der Waals surface area (Å²) in [6.45, 7) is 20.3. The lowest BCUT2D eigenvalue weighted by atomic mass is 9.77. The molecule has 0 radical (unpaired) electrons. The molecular weight excluding hydrogens is 340 g/mol. The average Bonchev–Trinajstić information content (AvgIpc) is 2.47. The fourth-order valence-electron chi connectivity index (χ4n) is 3.52. The predicted molar refractivity (Wildman–Crippen MR) is 98.3 cm³/mol. The fourth-order valence-corrected chi connectivity index (χ4v) is 4.34. The van der Waals surface area contributed by atoms with Crippen molar-refractivity contribution >= 4 is 15.9 Å². The number of ether oxygens (including phenoxy) is 2. The summed E-state index contributed by atoms with van der Waals surface area (Å²) in [4.78, 5) is 0. The molecule has 2 aliphatic heterocycles. The number of alkyl halides is 1. The Morgan fingerprint density at radius 1 is 0.455 bits per heavy atom. The molecule has 0 aliphatic carbocycles. The van der Waals surface area contributed by atoms with Crippen molar-refractivity contribution in [3.63, 3.8) is 0 Å². The molecule has 0 N–H and O–H groups in total. The van der Waals surface area contributed by atoms with Crippen molar-refractivity contribution in [3.8, 4) is 0 Å². The van der Waals surface area contributed by atoms with Crippen LogP contribution in [0.3, 0.4) is 0 Å². The average molecular weight is 377 g/mol. The van der Waals surface area contributed by atoms with Crippen LogP contribution in [0.2, 0.25) is 0 Å². The Morgan fingerprint density at radius 2 is 0.773 bits per heavy atom.